The van der Waals surface area contributed by atoms with Gasteiger partial charge in [-0.15, -0.1) is 11.3 Å². The van der Waals surface area contributed by atoms with Crippen molar-refractivity contribution in [2.75, 3.05) is 46.2 Å². The summed E-state index contributed by atoms with van der Waals surface area (Å²) < 4.78 is 5.03. The average molecular weight is 523 g/mol. The summed E-state index contributed by atoms with van der Waals surface area (Å²) in [5.74, 6) is -0.378. The number of hydrogen-bond donors (Lipinski definition) is 2. The predicted octanol–water partition coefficient (Wildman–Crippen LogP) is 2.14. The Bertz CT molecular complexity index is 1310. The second-order valence-electron chi connectivity index (χ2n) is 8.85. The van der Waals surface area contributed by atoms with E-state index in [1.807, 2.05) is 49.3 Å². The molecule has 11 heteroatoms. The lowest BCUT2D eigenvalue weighted by Gasteiger charge is -2.26. The fourth-order valence-corrected chi connectivity index (χ4v) is 5.32. The molecule has 194 valence electrons. The molecule has 0 saturated carbocycles. The van der Waals surface area contributed by atoms with Crippen molar-refractivity contribution in [3.05, 3.63) is 64.8 Å². The Morgan fingerprint density at radius 2 is 1.97 bits per heavy atom. The summed E-state index contributed by atoms with van der Waals surface area (Å²) in [5.41, 5.74) is 1.83. The van der Waals surface area contributed by atoms with Crippen LogP contribution in [-0.4, -0.2) is 78.4 Å². The molecule has 10 nitrogen and oxygen atoms in total. The van der Waals surface area contributed by atoms with Gasteiger partial charge in [0.05, 0.1) is 19.0 Å². The van der Waals surface area contributed by atoms with Gasteiger partial charge in [0, 0.05) is 36.7 Å². The van der Waals surface area contributed by atoms with Crippen LogP contribution >= 0.6 is 11.3 Å². The molecular weight excluding hydrogens is 492 g/mol. The van der Waals surface area contributed by atoms with E-state index in [1.54, 1.807) is 4.90 Å². The Balaban J connectivity index is 1.51. The normalized spacial score (nSPS) is 14.0. The monoisotopic (exact) mass is 522 g/mol. The molecule has 37 heavy (non-hydrogen) atoms. The van der Waals surface area contributed by atoms with Crippen LogP contribution in [0.1, 0.15) is 22.0 Å². The number of nitrogens with zero attached hydrogens (tertiary/aromatic N) is 4. The van der Waals surface area contributed by atoms with Crippen molar-refractivity contribution in [2.24, 2.45) is 0 Å². The van der Waals surface area contributed by atoms with Gasteiger partial charge in [-0.3, -0.25) is 9.59 Å². The zero-order chi connectivity index (χ0) is 26.4. The Morgan fingerprint density at radius 1 is 1.19 bits per heavy atom. The third-order valence-corrected chi connectivity index (χ3v) is 7.16. The summed E-state index contributed by atoms with van der Waals surface area (Å²) in [6.45, 7) is 2.15. The van der Waals surface area contributed by atoms with Crippen LogP contribution in [0.3, 0.4) is 0 Å². The van der Waals surface area contributed by atoms with Gasteiger partial charge in [0.2, 0.25) is 11.8 Å². The molecule has 1 aliphatic heterocycles. The highest BCUT2D eigenvalue weighted by molar-refractivity contribution is 7.19. The predicted molar refractivity (Wildman–Crippen MR) is 142 cm³/mol. The zero-order valence-electron chi connectivity index (χ0n) is 21.1. The number of aromatic nitrogens is 2. The van der Waals surface area contributed by atoms with Crippen molar-refractivity contribution in [3.8, 4) is 0 Å². The molecule has 3 heterocycles. The Labute approximate surface area is 219 Å². The lowest BCUT2D eigenvalue weighted by Crippen LogP contribution is -2.35. The minimum absolute atomic E-state index is 0.217. The maximum Gasteiger partial charge on any atom is 0.333 e. The van der Waals surface area contributed by atoms with E-state index in [4.69, 9.17) is 4.74 Å². The second kappa shape index (κ2) is 11.9. The maximum atomic E-state index is 12.8. The molecule has 0 saturated heterocycles. The van der Waals surface area contributed by atoms with Crippen LogP contribution in [0.4, 0.5) is 5.82 Å². The highest BCUT2D eigenvalue weighted by atomic mass is 32.1. The number of hydrogen-bond acceptors (Lipinski definition) is 9. The van der Waals surface area contributed by atoms with Gasteiger partial charge in [0.1, 0.15) is 17.0 Å². The van der Waals surface area contributed by atoms with Crippen LogP contribution in [0.15, 0.2) is 48.8 Å². The van der Waals surface area contributed by atoms with Gasteiger partial charge < -0.3 is 25.2 Å². The quantitative estimate of drug-likeness (QED) is 0.324. The van der Waals surface area contributed by atoms with Crippen molar-refractivity contribution in [2.45, 2.75) is 19.0 Å². The molecule has 2 amide bonds. The van der Waals surface area contributed by atoms with Crippen molar-refractivity contribution < 1.29 is 19.1 Å². The number of rotatable bonds is 9. The van der Waals surface area contributed by atoms with E-state index < -0.39 is 12.0 Å². The van der Waals surface area contributed by atoms with E-state index >= 15 is 0 Å². The van der Waals surface area contributed by atoms with Crippen molar-refractivity contribution in [1.29, 1.82) is 0 Å². The minimum Gasteiger partial charge on any atom is -0.467 e. The minimum atomic E-state index is -0.726. The SMILES string of the molecule is COC(=O)[C@@H](Nc1ncnc2sc3c(c12)CCN(C(=O)/C=C/C(=O)NCCN(C)C)C3)c1ccccc1. The van der Waals surface area contributed by atoms with E-state index in [0.29, 0.717) is 31.9 Å². The van der Waals surface area contributed by atoms with Gasteiger partial charge in [-0.1, -0.05) is 30.3 Å². The number of anilines is 1. The molecule has 0 bridgehead atoms. The van der Waals surface area contributed by atoms with Gasteiger partial charge in [-0.25, -0.2) is 14.8 Å². The van der Waals surface area contributed by atoms with Gasteiger partial charge in [0.15, 0.2) is 6.04 Å². The van der Waals surface area contributed by atoms with Crippen LogP contribution in [0.25, 0.3) is 10.2 Å². The van der Waals surface area contributed by atoms with Crippen LogP contribution in [0, 0.1) is 0 Å². The molecule has 0 unspecified atom stereocenters. The molecule has 1 aromatic carbocycles. The fourth-order valence-electron chi connectivity index (χ4n) is 4.12. The number of amides is 2. The van der Waals surface area contributed by atoms with Crippen LogP contribution in [0.5, 0.6) is 0 Å². The van der Waals surface area contributed by atoms with Gasteiger partial charge in [-0.2, -0.15) is 0 Å². The fraction of sp³-hybridized carbons (Fsp3) is 0.346. The molecule has 0 radical (unpaired) electrons. The molecule has 1 aliphatic rings. The highest BCUT2D eigenvalue weighted by Crippen LogP contribution is 2.38. The first-order chi connectivity index (χ1) is 17.9. The number of fused-ring (bicyclic) bond motifs is 3. The summed E-state index contributed by atoms with van der Waals surface area (Å²) >= 11 is 1.50. The van der Waals surface area contributed by atoms with Crippen molar-refractivity contribution in [3.63, 3.8) is 0 Å². The molecule has 2 aromatic heterocycles. The van der Waals surface area contributed by atoms with Crippen LogP contribution in [-0.2, 0) is 32.1 Å². The number of esters is 1. The smallest absolute Gasteiger partial charge is 0.333 e. The third kappa shape index (κ3) is 6.30. The van der Waals surface area contributed by atoms with Crippen molar-refractivity contribution >= 4 is 45.2 Å². The van der Waals surface area contributed by atoms with Gasteiger partial charge in [-0.05, 0) is 31.6 Å². The summed E-state index contributed by atoms with van der Waals surface area (Å²) in [7, 11) is 5.21. The summed E-state index contributed by atoms with van der Waals surface area (Å²) in [5, 5.41) is 6.87. The number of likely N-dealkylation sites (N-methyl/N-ethyl adjacent to an activating group) is 1. The summed E-state index contributed by atoms with van der Waals surface area (Å²) in [4.78, 5) is 51.7. The zero-order valence-corrected chi connectivity index (χ0v) is 21.9. The number of benzene rings is 1. The number of nitrogens with one attached hydrogen (secondary N) is 2. The number of methoxy groups -OCH3 is 1. The molecular formula is C26H30N6O4S. The lowest BCUT2D eigenvalue weighted by molar-refractivity contribution is -0.141. The van der Waals surface area contributed by atoms with E-state index in [0.717, 1.165) is 32.8 Å². The molecule has 2 N–H and O–H groups in total. The average Bonchev–Trinajstić information content (AvgIpc) is 3.28. The number of thiophene rings is 1. The van der Waals surface area contributed by atoms with E-state index in [1.165, 1.54) is 36.9 Å². The molecule has 0 aliphatic carbocycles. The number of carbonyl (C=O) groups excluding carboxylic acids is 3. The van der Waals surface area contributed by atoms with Crippen molar-refractivity contribution in [1.82, 2.24) is 25.1 Å². The maximum absolute atomic E-state index is 12.8. The lowest BCUT2D eigenvalue weighted by atomic mass is 10.0. The number of ether oxygens (including phenoxy) is 1. The highest BCUT2D eigenvalue weighted by Gasteiger charge is 2.28. The van der Waals surface area contributed by atoms with Gasteiger partial charge >= 0.3 is 5.97 Å². The third-order valence-electron chi connectivity index (χ3n) is 6.03. The van der Waals surface area contributed by atoms with E-state index in [2.05, 4.69) is 20.6 Å². The summed E-state index contributed by atoms with van der Waals surface area (Å²) in [6, 6.07) is 8.60. The molecule has 3 aromatic rings. The number of carbonyl (C=O) groups is 3. The first kappa shape index (κ1) is 26.2. The Morgan fingerprint density at radius 3 is 2.70 bits per heavy atom. The molecule has 1 atom stereocenters. The second-order valence-corrected chi connectivity index (χ2v) is 9.94. The Kier molecular flexibility index (Phi) is 8.47. The molecule has 0 spiro atoms. The first-order valence-electron chi connectivity index (χ1n) is 11.9. The van der Waals surface area contributed by atoms with E-state index in [-0.39, 0.29) is 11.8 Å². The Hall–Kier alpha value is -3.83. The van der Waals surface area contributed by atoms with E-state index in [9.17, 15) is 14.4 Å². The topological polar surface area (TPSA) is 117 Å². The van der Waals surface area contributed by atoms with Crippen LogP contribution < -0.4 is 10.6 Å². The summed E-state index contributed by atoms with van der Waals surface area (Å²) in [6.07, 6.45) is 4.67. The molecule has 0 fully saturated rings. The van der Waals surface area contributed by atoms with Crippen LogP contribution in [0.2, 0.25) is 0 Å². The first-order valence-corrected chi connectivity index (χ1v) is 12.7. The molecule has 4 rings (SSSR count). The standard InChI is InChI=1S/C26H30N6O4S/c1-31(2)14-12-27-20(33)9-10-21(34)32-13-11-18-19(15-32)37-25-22(18)24(28-16-29-25)30-23(26(35)36-3)17-7-5-4-6-8-17/h4-10,16,23H,11-15H2,1-3H3,(H,27,33)(H,28,29,30)/b10-9+/t23-/m0/s1. The van der Waals surface area contributed by atoms with Gasteiger partial charge in [0.25, 0.3) is 0 Å². The largest absolute Gasteiger partial charge is 0.467 e.